The molecule has 0 atom stereocenters. The number of nitrogens with one attached hydrogen (secondary N) is 3. The number of amides is 4. The smallest absolute Gasteiger partial charge is 0.319 e. The van der Waals surface area contributed by atoms with Crippen LogP contribution in [0.5, 0.6) is 0 Å². The fraction of sp³-hybridized carbons (Fsp3) is 0.471. The second-order valence-corrected chi connectivity index (χ2v) is 6.94. The molecule has 124 valence electrons. The van der Waals surface area contributed by atoms with E-state index in [0.29, 0.717) is 23.2 Å². The fourth-order valence-corrected chi connectivity index (χ4v) is 2.40. The molecule has 0 bridgehead atoms. The number of hydrogen-bond acceptors (Lipinski definition) is 3. The fourth-order valence-electron chi connectivity index (χ4n) is 2.40. The number of rotatable bonds is 5. The molecule has 1 aliphatic rings. The molecule has 0 unspecified atom stereocenters. The quantitative estimate of drug-likeness (QED) is 0.576. The highest BCUT2D eigenvalue weighted by Gasteiger charge is 2.26. The summed E-state index contributed by atoms with van der Waals surface area (Å²) in [5.41, 5.74) is 1.42. The Bertz CT molecular complexity index is 632. The van der Waals surface area contributed by atoms with Gasteiger partial charge >= 0.3 is 6.03 Å². The van der Waals surface area contributed by atoms with Gasteiger partial charge in [-0.15, -0.1) is 0 Å². The summed E-state index contributed by atoms with van der Waals surface area (Å²) in [6.45, 7) is 7.19. The molecule has 0 aromatic heterocycles. The molecule has 2 rings (SSSR count). The summed E-state index contributed by atoms with van der Waals surface area (Å²) in [6, 6.07) is 4.34. The Kier molecular flexibility index (Phi) is 5.03. The van der Waals surface area contributed by atoms with Crippen LogP contribution in [-0.2, 0) is 0 Å². The maximum absolute atomic E-state index is 11.8. The Morgan fingerprint density at radius 2 is 1.78 bits per heavy atom. The third-order valence-electron chi connectivity index (χ3n) is 3.63. The second-order valence-electron chi connectivity index (χ2n) is 6.94. The van der Waals surface area contributed by atoms with Crippen LogP contribution >= 0.6 is 0 Å². The lowest BCUT2D eigenvalue weighted by Crippen LogP contribution is -2.29. The summed E-state index contributed by atoms with van der Waals surface area (Å²) in [5.74, 6) is -0.837. The van der Waals surface area contributed by atoms with Crippen molar-refractivity contribution in [3.05, 3.63) is 29.3 Å². The zero-order chi connectivity index (χ0) is 17.0. The minimum atomic E-state index is -0.434. The molecule has 0 radical (unpaired) electrons. The SMILES string of the molecule is CC(C)(C)CCCCNC(=O)Nc1ccc2c(c1)C(=O)NC2=O. The Labute approximate surface area is 136 Å². The molecule has 6 heteroatoms. The lowest BCUT2D eigenvalue weighted by Gasteiger charge is -2.17. The maximum atomic E-state index is 11.8. The molecule has 1 aromatic carbocycles. The molecule has 1 heterocycles. The molecule has 6 nitrogen and oxygen atoms in total. The molecular formula is C17H23N3O3. The van der Waals surface area contributed by atoms with E-state index in [1.165, 1.54) is 12.1 Å². The van der Waals surface area contributed by atoms with Gasteiger partial charge < -0.3 is 10.6 Å². The number of fused-ring (bicyclic) bond motifs is 1. The number of carbonyl (C=O) groups is 3. The summed E-state index contributed by atoms with van der Waals surface area (Å²) in [6.07, 6.45) is 3.10. The predicted octanol–water partition coefficient (Wildman–Crippen LogP) is 2.91. The van der Waals surface area contributed by atoms with Gasteiger partial charge in [0.2, 0.25) is 0 Å². The van der Waals surface area contributed by atoms with Gasteiger partial charge in [0, 0.05) is 12.2 Å². The van der Waals surface area contributed by atoms with Crippen molar-refractivity contribution in [2.45, 2.75) is 40.0 Å². The van der Waals surface area contributed by atoms with Gasteiger partial charge in [0.1, 0.15) is 0 Å². The molecule has 3 N–H and O–H groups in total. The van der Waals surface area contributed by atoms with Crippen LogP contribution in [0, 0.1) is 5.41 Å². The van der Waals surface area contributed by atoms with Gasteiger partial charge in [0.25, 0.3) is 11.8 Å². The number of carbonyl (C=O) groups excluding carboxylic acids is 3. The summed E-state index contributed by atoms with van der Waals surface area (Å²) in [5, 5.41) is 7.68. The van der Waals surface area contributed by atoms with E-state index in [9.17, 15) is 14.4 Å². The van der Waals surface area contributed by atoms with E-state index in [4.69, 9.17) is 0 Å². The zero-order valence-corrected chi connectivity index (χ0v) is 13.8. The molecule has 1 aromatic rings. The Hall–Kier alpha value is -2.37. The highest BCUT2D eigenvalue weighted by atomic mass is 16.2. The predicted molar refractivity (Wildman–Crippen MR) is 88.6 cm³/mol. The van der Waals surface area contributed by atoms with Gasteiger partial charge in [-0.2, -0.15) is 0 Å². The molecule has 0 spiro atoms. The average molecular weight is 317 g/mol. The highest BCUT2D eigenvalue weighted by molar-refractivity contribution is 6.21. The molecule has 0 saturated carbocycles. The number of benzene rings is 1. The summed E-state index contributed by atoms with van der Waals surface area (Å²) in [4.78, 5) is 34.9. The van der Waals surface area contributed by atoms with Gasteiger partial charge in [-0.25, -0.2) is 4.79 Å². The van der Waals surface area contributed by atoms with Crippen LogP contribution in [0.4, 0.5) is 10.5 Å². The summed E-state index contributed by atoms with van der Waals surface area (Å²) < 4.78 is 0. The molecular weight excluding hydrogens is 294 g/mol. The van der Waals surface area contributed by atoms with Crippen molar-refractivity contribution in [2.24, 2.45) is 5.41 Å². The molecule has 4 amide bonds. The van der Waals surface area contributed by atoms with Crippen LogP contribution < -0.4 is 16.0 Å². The topological polar surface area (TPSA) is 87.3 Å². The normalized spacial score (nSPS) is 13.5. The van der Waals surface area contributed by atoms with Crippen LogP contribution in [-0.4, -0.2) is 24.4 Å². The van der Waals surface area contributed by atoms with E-state index in [-0.39, 0.29) is 11.6 Å². The van der Waals surface area contributed by atoms with Crippen molar-refractivity contribution in [3.8, 4) is 0 Å². The standard InChI is InChI=1S/C17H23N3O3/c1-17(2,3)8-4-5-9-18-16(23)19-11-6-7-12-13(10-11)15(22)20-14(12)21/h6-7,10H,4-5,8-9H2,1-3H3,(H2,18,19,23)(H,20,21,22). The van der Waals surface area contributed by atoms with E-state index >= 15 is 0 Å². The van der Waals surface area contributed by atoms with Crippen molar-refractivity contribution in [1.82, 2.24) is 10.6 Å². The van der Waals surface area contributed by atoms with Crippen molar-refractivity contribution in [2.75, 3.05) is 11.9 Å². The first-order valence-corrected chi connectivity index (χ1v) is 7.81. The lowest BCUT2D eigenvalue weighted by molar-refractivity contribution is 0.0879. The summed E-state index contributed by atoms with van der Waals surface area (Å²) >= 11 is 0. The average Bonchev–Trinajstić information content (AvgIpc) is 2.72. The number of unbranched alkanes of at least 4 members (excludes halogenated alkanes) is 1. The van der Waals surface area contributed by atoms with Gasteiger partial charge in [-0.1, -0.05) is 27.2 Å². The van der Waals surface area contributed by atoms with Crippen molar-refractivity contribution < 1.29 is 14.4 Å². The zero-order valence-electron chi connectivity index (χ0n) is 13.8. The Morgan fingerprint density at radius 1 is 1.09 bits per heavy atom. The molecule has 0 aliphatic carbocycles. The maximum Gasteiger partial charge on any atom is 0.319 e. The van der Waals surface area contributed by atoms with E-state index in [1.54, 1.807) is 6.07 Å². The molecule has 0 fully saturated rings. The molecule has 0 saturated heterocycles. The van der Waals surface area contributed by atoms with Gasteiger partial charge in [0.05, 0.1) is 11.1 Å². The number of hydrogen-bond donors (Lipinski definition) is 3. The van der Waals surface area contributed by atoms with Gasteiger partial charge in [-0.3, -0.25) is 14.9 Å². The molecule has 1 aliphatic heterocycles. The largest absolute Gasteiger partial charge is 0.338 e. The van der Waals surface area contributed by atoms with Crippen LogP contribution in [0.1, 0.15) is 60.7 Å². The minimum Gasteiger partial charge on any atom is -0.338 e. The first-order chi connectivity index (χ1) is 10.8. The summed E-state index contributed by atoms with van der Waals surface area (Å²) in [7, 11) is 0. The van der Waals surface area contributed by atoms with E-state index in [0.717, 1.165) is 19.3 Å². The van der Waals surface area contributed by atoms with Crippen LogP contribution in [0.2, 0.25) is 0 Å². The van der Waals surface area contributed by atoms with Gasteiger partial charge in [0.15, 0.2) is 0 Å². The monoisotopic (exact) mass is 317 g/mol. The number of urea groups is 1. The van der Waals surface area contributed by atoms with Crippen LogP contribution in [0.15, 0.2) is 18.2 Å². The minimum absolute atomic E-state index is 0.290. The third-order valence-corrected chi connectivity index (χ3v) is 3.63. The van der Waals surface area contributed by atoms with Gasteiger partial charge in [-0.05, 0) is 36.5 Å². The van der Waals surface area contributed by atoms with Crippen molar-refractivity contribution >= 4 is 23.5 Å². The van der Waals surface area contributed by atoms with Crippen LogP contribution in [0.25, 0.3) is 0 Å². The first kappa shape index (κ1) is 17.0. The highest BCUT2D eigenvalue weighted by Crippen LogP contribution is 2.21. The van der Waals surface area contributed by atoms with E-state index in [2.05, 4.69) is 36.7 Å². The van der Waals surface area contributed by atoms with E-state index < -0.39 is 11.8 Å². The van der Waals surface area contributed by atoms with Crippen LogP contribution in [0.3, 0.4) is 0 Å². The Morgan fingerprint density at radius 3 is 2.48 bits per heavy atom. The number of imide groups is 1. The second kappa shape index (κ2) is 6.81. The van der Waals surface area contributed by atoms with Crippen molar-refractivity contribution in [3.63, 3.8) is 0 Å². The third kappa shape index (κ3) is 4.81. The number of anilines is 1. The van der Waals surface area contributed by atoms with E-state index in [1.807, 2.05) is 0 Å². The Balaban J connectivity index is 1.79. The lowest BCUT2D eigenvalue weighted by atomic mass is 9.90. The van der Waals surface area contributed by atoms with Crippen molar-refractivity contribution in [1.29, 1.82) is 0 Å². The first-order valence-electron chi connectivity index (χ1n) is 7.81. The molecule has 23 heavy (non-hydrogen) atoms.